The number of rotatable bonds is 6. The van der Waals surface area contributed by atoms with Crippen molar-refractivity contribution in [3.63, 3.8) is 0 Å². The van der Waals surface area contributed by atoms with Gasteiger partial charge in [0.25, 0.3) is 0 Å². The van der Waals surface area contributed by atoms with Gasteiger partial charge in [0, 0.05) is 33.4 Å². The van der Waals surface area contributed by atoms with Crippen molar-refractivity contribution in [2.45, 2.75) is 23.6 Å². The second kappa shape index (κ2) is 9.71. The molecule has 1 amide bonds. The van der Waals surface area contributed by atoms with E-state index in [1.807, 2.05) is 44.2 Å². The Bertz CT molecular complexity index is 944. The maximum atomic E-state index is 12.0. The molecule has 28 heavy (non-hydrogen) atoms. The highest BCUT2D eigenvalue weighted by atomic mass is 32.2. The third kappa shape index (κ3) is 5.69. The third-order valence-electron chi connectivity index (χ3n) is 3.81. The molecular weight excluding hydrogens is 370 g/mol. The number of nitrogens with zero attached hydrogens (tertiary/aromatic N) is 2. The molecule has 0 radical (unpaired) electrons. The van der Waals surface area contributed by atoms with Gasteiger partial charge in [0.15, 0.2) is 0 Å². The summed E-state index contributed by atoms with van der Waals surface area (Å²) in [6.45, 7) is 4.03. The van der Waals surface area contributed by atoms with Crippen molar-refractivity contribution in [1.29, 1.82) is 0 Å². The van der Waals surface area contributed by atoms with E-state index >= 15 is 0 Å². The van der Waals surface area contributed by atoms with E-state index in [4.69, 9.17) is 4.84 Å². The Hall–Kier alpha value is -3.12. The largest absolute Gasteiger partial charge is 0.437 e. The maximum absolute atomic E-state index is 12.0. The quantitative estimate of drug-likeness (QED) is 0.326. The summed E-state index contributed by atoms with van der Waals surface area (Å²) in [4.78, 5) is 23.3. The minimum atomic E-state index is -0.640. The number of carbonyl (C=O) groups excluding carboxylic acids is 1. The summed E-state index contributed by atoms with van der Waals surface area (Å²) in [5.74, 6) is 0.0886. The Morgan fingerprint density at radius 1 is 1.00 bits per heavy atom. The third-order valence-corrected chi connectivity index (χ3v) is 4.81. The van der Waals surface area contributed by atoms with E-state index in [0.29, 0.717) is 11.4 Å². The highest BCUT2D eigenvalue weighted by Gasteiger charge is 2.12. The second-order valence-electron chi connectivity index (χ2n) is 6.31. The zero-order chi connectivity index (χ0) is 19.8. The van der Waals surface area contributed by atoms with Crippen LogP contribution in [0.3, 0.4) is 0 Å². The molecule has 1 heterocycles. The molecule has 0 bridgehead atoms. The van der Waals surface area contributed by atoms with Crippen LogP contribution >= 0.6 is 11.8 Å². The fraction of sp³-hybridized carbons (Fsp3) is 0.136. The molecule has 0 saturated carbocycles. The fourth-order valence-corrected chi connectivity index (χ4v) is 3.40. The molecule has 3 rings (SSSR count). The summed E-state index contributed by atoms with van der Waals surface area (Å²) in [5, 5.41) is 6.74. The first-order valence-corrected chi connectivity index (χ1v) is 9.73. The normalized spacial score (nSPS) is 11.3. The fourth-order valence-electron chi connectivity index (χ4n) is 2.50. The van der Waals surface area contributed by atoms with Crippen molar-refractivity contribution in [3.8, 4) is 0 Å². The Morgan fingerprint density at radius 2 is 1.71 bits per heavy atom. The van der Waals surface area contributed by atoms with Crippen molar-refractivity contribution in [3.05, 3.63) is 84.7 Å². The van der Waals surface area contributed by atoms with Crippen molar-refractivity contribution in [2.24, 2.45) is 11.1 Å². The van der Waals surface area contributed by atoms with Crippen LogP contribution < -0.4 is 5.32 Å². The number of amides is 1. The summed E-state index contributed by atoms with van der Waals surface area (Å²) in [6.07, 6.45) is 2.54. The van der Waals surface area contributed by atoms with Gasteiger partial charge in [-0.3, -0.25) is 15.1 Å². The zero-order valence-electron chi connectivity index (χ0n) is 15.7. The molecule has 0 atom stereocenters. The molecule has 2 aromatic carbocycles. The Morgan fingerprint density at radius 3 is 2.43 bits per heavy atom. The first-order valence-electron chi connectivity index (χ1n) is 8.91. The number of carbonyl (C=O) groups is 1. The molecule has 6 heteroatoms. The van der Waals surface area contributed by atoms with Crippen LogP contribution in [0.2, 0.25) is 0 Å². The van der Waals surface area contributed by atoms with Gasteiger partial charge in [0.2, 0.25) is 0 Å². The summed E-state index contributed by atoms with van der Waals surface area (Å²) < 4.78 is 0. The summed E-state index contributed by atoms with van der Waals surface area (Å²) >= 11 is 1.68. The van der Waals surface area contributed by atoms with Crippen LogP contribution in [0.25, 0.3) is 0 Å². The van der Waals surface area contributed by atoms with Gasteiger partial charge in [-0.05, 0) is 42.3 Å². The molecule has 5 nitrogen and oxygen atoms in total. The van der Waals surface area contributed by atoms with Gasteiger partial charge in [-0.1, -0.05) is 61.1 Å². The highest BCUT2D eigenvalue weighted by molar-refractivity contribution is 7.99. The maximum Gasteiger partial charge on any atom is 0.437 e. The molecule has 0 aliphatic rings. The van der Waals surface area contributed by atoms with Gasteiger partial charge in [0.05, 0.1) is 5.71 Å². The number of anilines is 1. The molecule has 1 N–H and O–H groups in total. The van der Waals surface area contributed by atoms with Crippen molar-refractivity contribution in [1.82, 2.24) is 4.98 Å². The van der Waals surface area contributed by atoms with E-state index in [1.54, 1.807) is 36.3 Å². The molecule has 3 aromatic rings. The number of aromatic nitrogens is 1. The predicted molar refractivity (Wildman–Crippen MR) is 113 cm³/mol. The average molecular weight is 391 g/mol. The Balaban J connectivity index is 1.73. The predicted octanol–water partition coefficient (Wildman–Crippen LogP) is 5.84. The monoisotopic (exact) mass is 391 g/mol. The van der Waals surface area contributed by atoms with E-state index in [2.05, 4.69) is 39.7 Å². The number of benzene rings is 2. The summed E-state index contributed by atoms with van der Waals surface area (Å²) in [5.41, 5.74) is 2.23. The standard InChI is InChI=1S/C22H21N3O2S/c1-16(2)21(25-27-22(26)24-18-11-13-23-14-12-18)17-7-6-10-20(15-17)28-19-8-4-3-5-9-19/h3-16H,1-2H3,(H,23,24,26)/b25-21+. The number of nitrogens with one attached hydrogen (secondary N) is 1. The second-order valence-corrected chi connectivity index (χ2v) is 7.46. The van der Waals surface area contributed by atoms with E-state index in [-0.39, 0.29) is 5.92 Å². The smallest absolute Gasteiger partial charge is 0.297 e. The molecule has 0 aliphatic carbocycles. The molecule has 0 spiro atoms. The van der Waals surface area contributed by atoms with Gasteiger partial charge in [-0.25, -0.2) is 4.79 Å². The number of hydrogen-bond donors (Lipinski definition) is 1. The minimum absolute atomic E-state index is 0.0886. The molecular formula is C22H21N3O2S. The van der Waals surface area contributed by atoms with E-state index in [1.165, 1.54) is 0 Å². The van der Waals surface area contributed by atoms with Crippen LogP contribution in [0.4, 0.5) is 10.5 Å². The van der Waals surface area contributed by atoms with Gasteiger partial charge in [-0.15, -0.1) is 0 Å². The van der Waals surface area contributed by atoms with Crippen LogP contribution in [0, 0.1) is 5.92 Å². The van der Waals surface area contributed by atoms with Crippen LogP contribution in [0.15, 0.2) is 94.1 Å². The number of pyridine rings is 1. The van der Waals surface area contributed by atoms with Crippen LogP contribution in [0.1, 0.15) is 19.4 Å². The Kier molecular flexibility index (Phi) is 6.81. The van der Waals surface area contributed by atoms with E-state index in [9.17, 15) is 4.79 Å². The average Bonchev–Trinajstić information content (AvgIpc) is 2.70. The lowest BCUT2D eigenvalue weighted by Crippen LogP contribution is -2.15. The Labute approximate surface area is 168 Å². The molecule has 0 saturated heterocycles. The number of oxime groups is 1. The highest BCUT2D eigenvalue weighted by Crippen LogP contribution is 2.28. The minimum Gasteiger partial charge on any atom is -0.297 e. The first-order chi connectivity index (χ1) is 13.6. The van der Waals surface area contributed by atoms with Gasteiger partial charge in [-0.2, -0.15) is 0 Å². The molecule has 1 aromatic heterocycles. The SMILES string of the molecule is CC(C)/C(=N\OC(=O)Nc1ccncc1)c1cccc(Sc2ccccc2)c1. The van der Waals surface area contributed by atoms with E-state index in [0.717, 1.165) is 15.4 Å². The molecule has 0 aliphatic heterocycles. The van der Waals surface area contributed by atoms with Crippen molar-refractivity contribution >= 4 is 29.3 Å². The van der Waals surface area contributed by atoms with Crippen LogP contribution in [0.5, 0.6) is 0 Å². The lowest BCUT2D eigenvalue weighted by molar-refractivity contribution is 0.166. The van der Waals surface area contributed by atoms with Gasteiger partial charge >= 0.3 is 6.09 Å². The zero-order valence-corrected chi connectivity index (χ0v) is 16.5. The van der Waals surface area contributed by atoms with Crippen LogP contribution in [-0.4, -0.2) is 16.8 Å². The molecule has 142 valence electrons. The number of hydrogen-bond acceptors (Lipinski definition) is 5. The molecule has 0 unspecified atom stereocenters. The van der Waals surface area contributed by atoms with Gasteiger partial charge < -0.3 is 0 Å². The molecule has 0 fully saturated rings. The van der Waals surface area contributed by atoms with Crippen molar-refractivity contribution < 1.29 is 9.63 Å². The first kappa shape index (κ1) is 19.6. The van der Waals surface area contributed by atoms with E-state index < -0.39 is 6.09 Å². The lowest BCUT2D eigenvalue weighted by Gasteiger charge is -2.11. The topological polar surface area (TPSA) is 63.6 Å². The van der Waals surface area contributed by atoms with Crippen LogP contribution in [-0.2, 0) is 4.84 Å². The summed E-state index contributed by atoms with van der Waals surface area (Å²) in [6, 6.07) is 21.6. The van der Waals surface area contributed by atoms with Crippen molar-refractivity contribution in [2.75, 3.05) is 5.32 Å². The van der Waals surface area contributed by atoms with Gasteiger partial charge in [0.1, 0.15) is 0 Å². The summed E-state index contributed by atoms with van der Waals surface area (Å²) in [7, 11) is 0. The lowest BCUT2D eigenvalue weighted by atomic mass is 10.0.